The van der Waals surface area contributed by atoms with Gasteiger partial charge >= 0.3 is 0 Å². The van der Waals surface area contributed by atoms with Crippen LogP contribution in [0.15, 0.2) is 59.8 Å². The summed E-state index contributed by atoms with van der Waals surface area (Å²) in [5.74, 6) is 0.132. The van der Waals surface area contributed by atoms with Gasteiger partial charge in [-0.25, -0.2) is 23.1 Å². The van der Waals surface area contributed by atoms with Crippen LogP contribution in [0.5, 0.6) is 5.75 Å². The Morgan fingerprint density at radius 2 is 1.65 bits per heavy atom. The standard InChI is InChI=1S/C21H21ClN4O4S/c1-13-11-17(12-14(2)19(13)22)30-15(3)20(27)25-16-5-7-18(8-6-16)31(28,29)26-21-23-9-4-10-24-21/h4-12,15H,1-3H3,(H,25,27)(H,23,24,26)/t15-/m0/s1. The smallest absolute Gasteiger partial charge is 0.265 e. The molecule has 162 valence electrons. The van der Waals surface area contributed by atoms with Gasteiger partial charge in [0.25, 0.3) is 15.9 Å². The number of nitrogens with one attached hydrogen (secondary N) is 2. The normalized spacial score (nSPS) is 12.1. The van der Waals surface area contributed by atoms with Crippen LogP contribution >= 0.6 is 11.6 Å². The second-order valence-corrected chi connectivity index (χ2v) is 8.88. The third-order valence-corrected chi connectivity index (χ3v) is 6.26. The number of carbonyl (C=O) groups is 1. The lowest BCUT2D eigenvalue weighted by atomic mass is 10.1. The van der Waals surface area contributed by atoms with E-state index < -0.39 is 16.1 Å². The fourth-order valence-electron chi connectivity index (χ4n) is 2.72. The lowest BCUT2D eigenvalue weighted by molar-refractivity contribution is -0.122. The number of rotatable bonds is 7. The van der Waals surface area contributed by atoms with Gasteiger partial charge in [-0.2, -0.15) is 0 Å². The van der Waals surface area contributed by atoms with Gasteiger partial charge in [0.2, 0.25) is 5.95 Å². The summed E-state index contributed by atoms with van der Waals surface area (Å²) < 4.78 is 32.8. The second-order valence-electron chi connectivity index (χ2n) is 6.82. The van der Waals surface area contributed by atoms with E-state index in [2.05, 4.69) is 20.0 Å². The van der Waals surface area contributed by atoms with Gasteiger partial charge in [0.1, 0.15) is 5.75 Å². The van der Waals surface area contributed by atoms with Gasteiger partial charge in [0, 0.05) is 23.1 Å². The molecule has 0 saturated carbocycles. The van der Waals surface area contributed by atoms with Crippen molar-refractivity contribution in [3.8, 4) is 5.75 Å². The summed E-state index contributed by atoms with van der Waals surface area (Å²) in [5.41, 5.74) is 2.14. The van der Waals surface area contributed by atoms with Crippen LogP contribution in [0.4, 0.5) is 11.6 Å². The molecule has 0 aliphatic heterocycles. The molecule has 3 rings (SSSR count). The maximum atomic E-state index is 12.5. The summed E-state index contributed by atoms with van der Waals surface area (Å²) in [5, 5.41) is 3.36. The number of halogens is 1. The fraction of sp³-hybridized carbons (Fsp3) is 0.190. The summed E-state index contributed by atoms with van der Waals surface area (Å²) in [6, 6.07) is 10.8. The molecule has 10 heteroatoms. The SMILES string of the molecule is Cc1cc(O[C@@H](C)C(=O)Nc2ccc(S(=O)(=O)Nc3ncccn3)cc2)cc(C)c1Cl. The number of ether oxygens (including phenoxy) is 1. The Bertz CT molecular complexity index is 1160. The Morgan fingerprint density at radius 1 is 1.06 bits per heavy atom. The van der Waals surface area contributed by atoms with Crippen molar-refractivity contribution in [1.29, 1.82) is 0 Å². The molecule has 8 nitrogen and oxygen atoms in total. The maximum absolute atomic E-state index is 12.5. The molecule has 0 radical (unpaired) electrons. The topological polar surface area (TPSA) is 110 Å². The van der Waals surface area contributed by atoms with E-state index in [-0.39, 0.29) is 16.8 Å². The molecule has 31 heavy (non-hydrogen) atoms. The van der Waals surface area contributed by atoms with Crippen LogP contribution in [0.3, 0.4) is 0 Å². The Labute approximate surface area is 185 Å². The predicted molar refractivity (Wildman–Crippen MR) is 119 cm³/mol. The van der Waals surface area contributed by atoms with E-state index >= 15 is 0 Å². The first-order chi connectivity index (χ1) is 14.7. The molecule has 0 bridgehead atoms. The van der Waals surface area contributed by atoms with Gasteiger partial charge < -0.3 is 10.1 Å². The molecule has 3 aromatic rings. The largest absolute Gasteiger partial charge is 0.481 e. The third-order valence-electron chi connectivity index (χ3n) is 4.32. The highest BCUT2D eigenvalue weighted by molar-refractivity contribution is 7.92. The van der Waals surface area contributed by atoms with Gasteiger partial charge in [0.05, 0.1) is 4.90 Å². The van der Waals surface area contributed by atoms with Crippen molar-refractivity contribution in [2.75, 3.05) is 10.0 Å². The third kappa shape index (κ3) is 5.71. The predicted octanol–water partition coefficient (Wildman–Crippen LogP) is 3.95. The number of carbonyl (C=O) groups excluding carboxylic acids is 1. The van der Waals surface area contributed by atoms with Crippen molar-refractivity contribution in [3.63, 3.8) is 0 Å². The molecule has 1 heterocycles. The minimum Gasteiger partial charge on any atom is -0.481 e. The molecule has 0 aliphatic rings. The Balaban J connectivity index is 1.64. The van der Waals surface area contributed by atoms with Crippen molar-refractivity contribution in [2.45, 2.75) is 31.8 Å². The zero-order valence-electron chi connectivity index (χ0n) is 17.1. The summed E-state index contributed by atoms with van der Waals surface area (Å²) in [6.07, 6.45) is 2.08. The highest BCUT2D eigenvalue weighted by atomic mass is 35.5. The number of amides is 1. The lowest BCUT2D eigenvalue weighted by Gasteiger charge is -2.16. The zero-order valence-corrected chi connectivity index (χ0v) is 18.7. The Morgan fingerprint density at radius 3 is 2.23 bits per heavy atom. The van der Waals surface area contributed by atoms with Crippen molar-refractivity contribution in [2.24, 2.45) is 0 Å². The number of aromatic nitrogens is 2. The summed E-state index contributed by atoms with van der Waals surface area (Å²) in [6.45, 7) is 5.35. The van der Waals surface area contributed by atoms with E-state index in [4.69, 9.17) is 16.3 Å². The second kappa shape index (κ2) is 9.32. The van der Waals surface area contributed by atoms with E-state index in [0.29, 0.717) is 16.5 Å². The zero-order chi connectivity index (χ0) is 22.6. The molecule has 1 atom stereocenters. The van der Waals surface area contributed by atoms with Crippen LogP contribution in [0.25, 0.3) is 0 Å². The summed E-state index contributed by atoms with van der Waals surface area (Å²) in [7, 11) is -3.85. The van der Waals surface area contributed by atoms with Crippen molar-refractivity contribution in [1.82, 2.24) is 9.97 Å². The molecule has 0 spiro atoms. The van der Waals surface area contributed by atoms with Crippen molar-refractivity contribution < 1.29 is 17.9 Å². The quantitative estimate of drug-likeness (QED) is 0.552. The Hall–Kier alpha value is -3.17. The molecular weight excluding hydrogens is 440 g/mol. The highest BCUT2D eigenvalue weighted by Gasteiger charge is 2.18. The van der Waals surface area contributed by atoms with Crippen LogP contribution in [-0.2, 0) is 14.8 Å². The molecule has 0 aliphatic carbocycles. The molecule has 1 amide bonds. The van der Waals surface area contributed by atoms with Crippen molar-refractivity contribution in [3.05, 3.63) is 71.0 Å². The average Bonchev–Trinajstić information content (AvgIpc) is 2.72. The van der Waals surface area contributed by atoms with Gasteiger partial charge in [-0.3, -0.25) is 4.79 Å². The van der Waals surface area contributed by atoms with Crippen LogP contribution in [0, 0.1) is 13.8 Å². The first-order valence-electron chi connectivity index (χ1n) is 9.30. The first kappa shape index (κ1) is 22.5. The van der Waals surface area contributed by atoms with Gasteiger partial charge in [-0.15, -0.1) is 0 Å². The molecular formula is C21H21ClN4O4S. The van der Waals surface area contributed by atoms with Crippen LogP contribution in [0.2, 0.25) is 5.02 Å². The molecule has 0 unspecified atom stereocenters. The summed E-state index contributed by atoms with van der Waals surface area (Å²) >= 11 is 6.16. The average molecular weight is 461 g/mol. The number of aryl methyl sites for hydroxylation is 2. The van der Waals surface area contributed by atoms with Crippen molar-refractivity contribution >= 4 is 39.2 Å². The van der Waals surface area contributed by atoms with Gasteiger partial charge in [-0.05, 0) is 74.4 Å². The van der Waals surface area contributed by atoms with Gasteiger partial charge in [0.15, 0.2) is 6.10 Å². The monoisotopic (exact) mass is 460 g/mol. The van der Waals surface area contributed by atoms with Gasteiger partial charge in [-0.1, -0.05) is 11.6 Å². The number of hydrogen-bond acceptors (Lipinski definition) is 6. The number of hydrogen-bond donors (Lipinski definition) is 2. The lowest BCUT2D eigenvalue weighted by Crippen LogP contribution is -2.30. The fourth-order valence-corrected chi connectivity index (χ4v) is 3.79. The number of nitrogens with zero attached hydrogens (tertiary/aromatic N) is 2. The first-order valence-corrected chi connectivity index (χ1v) is 11.2. The Kier molecular flexibility index (Phi) is 6.77. The molecule has 2 N–H and O–H groups in total. The number of sulfonamides is 1. The van der Waals surface area contributed by atoms with E-state index in [1.807, 2.05) is 13.8 Å². The highest BCUT2D eigenvalue weighted by Crippen LogP contribution is 2.26. The minimum atomic E-state index is -3.85. The molecule has 2 aromatic carbocycles. The van der Waals surface area contributed by atoms with Crippen LogP contribution in [-0.4, -0.2) is 30.4 Å². The molecule has 0 fully saturated rings. The number of anilines is 2. The summed E-state index contributed by atoms with van der Waals surface area (Å²) in [4.78, 5) is 20.1. The minimum absolute atomic E-state index is 0.00867. The maximum Gasteiger partial charge on any atom is 0.265 e. The van der Waals surface area contributed by atoms with Crippen LogP contribution < -0.4 is 14.8 Å². The van der Waals surface area contributed by atoms with E-state index in [1.54, 1.807) is 25.1 Å². The van der Waals surface area contributed by atoms with Crippen LogP contribution in [0.1, 0.15) is 18.1 Å². The van der Waals surface area contributed by atoms with E-state index in [9.17, 15) is 13.2 Å². The molecule has 0 saturated heterocycles. The van der Waals surface area contributed by atoms with E-state index in [0.717, 1.165) is 11.1 Å². The molecule has 1 aromatic heterocycles. The van der Waals surface area contributed by atoms with E-state index in [1.165, 1.54) is 36.7 Å². The number of benzene rings is 2.